The highest BCUT2D eigenvalue weighted by Gasteiger charge is 2.35. The number of unbranched alkanes of at least 4 members (excludes halogenated alkanes) is 1. The molecule has 0 bridgehead atoms. The normalized spacial score (nSPS) is 11.9. The zero-order chi connectivity index (χ0) is 14.5. The molecule has 0 radical (unpaired) electrons. The summed E-state index contributed by atoms with van der Waals surface area (Å²) in [6.07, 6.45) is -1.58. The highest BCUT2D eigenvalue weighted by atomic mass is 19.4. The molecule has 0 unspecified atom stereocenters. The van der Waals surface area contributed by atoms with E-state index in [2.05, 4.69) is 29.1 Å². The SMILES string of the molecule is CC(C)CCCCNc1cc(N)nc(C(F)(F)F)n1. The summed E-state index contributed by atoms with van der Waals surface area (Å²) in [5, 5.41) is 2.84. The molecule has 0 atom stereocenters. The lowest BCUT2D eigenvalue weighted by Crippen LogP contribution is -2.15. The lowest BCUT2D eigenvalue weighted by molar-refractivity contribution is -0.144. The van der Waals surface area contributed by atoms with Gasteiger partial charge in [0.25, 0.3) is 0 Å². The number of hydrogen-bond acceptors (Lipinski definition) is 4. The van der Waals surface area contributed by atoms with Gasteiger partial charge in [0.15, 0.2) is 0 Å². The van der Waals surface area contributed by atoms with Gasteiger partial charge in [-0.3, -0.25) is 0 Å². The second kappa shape index (κ2) is 6.58. The third-order valence-corrected chi connectivity index (χ3v) is 2.51. The first kappa shape index (κ1) is 15.5. The molecule has 7 heteroatoms. The third kappa shape index (κ3) is 5.76. The van der Waals surface area contributed by atoms with Gasteiger partial charge in [-0.05, 0) is 12.3 Å². The minimum Gasteiger partial charge on any atom is -0.384 e. The Morgan fingerprint density at radius 3 is 2.53 bits per heavy atom. The molecule has 0 fully saturated rings. The van der Waals surface area contributed by atoms with Gasteiger partial charge >= 0.3 is 6.18 Å². The Morgan fingerprint density at radius 1 is 1.26 bits per heavy atom. The van der Waals surface area contributed by atoms with Crippen molar-refractivity contribution in [1.29, 1.82) is 0 Å². The molecule has 0 saturated heterocycles. The van der Waals surface area contributed by atoms with Crippen LogP contribution in [0.15, 0.2) is 6.07 Å². The van der Waals surface area contributed by atoms with Crippen molar-refractivity contribution in [1.82, 2.24) is 9.97 Å². The van der Waals surface area contributed by atoms with Crippen molar-refractivity contribution in [2.45, 2.75) is 39.3 Å². The van der Waals surface area contributed by atoms with Gasteiger partial charge in [-0.25, -0.2) is 9.97 Å². The first-order valence-electron chi connectivity index (χ1n) is 6.24. The molecular formula is C12H19F3N4. The molecule has 0 spiro atoms. The minimum atomic E-state index is -4.58. The molecule has 0 aliphatic heterocycles. The van der Waals surface area contributed by atoms with Crippen molar-refractivity contribution in [3.8, 4) is 0 Å². The molecule has 0 aliphatic rings. The molecule has 108 valence electrons. The maximum atomic E-state index is 12.5. The van der Waals surface area contributed by atoms with Crippen molar-refractivity contribution >= 4 is 11.6 Å². The van der Waals surface area contributed by atoms with Crippen LogP contribution in [0.3, 0.4) is 0 Å². The highest BCUT2D eigenvalue weighted by molar-refractivity contribution is 5.44. The number of nitrogens with two attached hydrogens (primary N) is 1. The largest absolute Gasteiger partial charge is 0.451 e. The van der Waals surface area contributed by atoms with Crippen LogP contribution in [-0.2, 0) is 6.18 Å². The Labute approximate surface area is 110 Å². The monoisotopic (exact) mass is 276 g/mol. The molecular weight excluding hydrogens is 257 g/mol. The first-order chi connectivity index (χ1) is 8.79. The van der Waals surface area contributed by atoms with Crippen molar-refractivity contribution < 1.29 is 13.2 Å². The van der Waals surface area contributed by atoms with Gasteiger partial charge in [0.1, 0.15) is 11.6 Å². The van der Waals surface area contributed by atoms with Crippen LogP contribution in [0.5, 0.6) is 0 Å². The summed E-state index contributed by atoms with van der Waals surface area (Å²) in [5.74, 6) is -0.653. The molecule has 0 amide bonds. The Kier molecular flexibility index (Phi) is 5.38. The smallest absolute Gasteiger partial charge is 0.384 e. The van der Waals surface area contributed by atoms with E-state index in [-0.39, 0.29) is 11.6 Å². The Hall–Kier alpha value is -1.53. The summed E-state index contributed by atoms with van der Waals surface area (Å²) in [4.78, 5) is 6.58. The summed E-state index contributed by atoms with van der Waals surface area (Å²) in [6, 6.07) is 1.30. The van der Waals surface area contributed by atoms with Crippen molar-refractivity contribution in [2.75, 3.05) is 17.6 Å². The molecule has 0 aliphatic carbocycles. The van der Waals surface area contributed by atoms with E-state index in [1.807, 2.05) is 0 Å². The summed E-state index contributed by atoms with van der Waals surface area (Å²) < 4.78 is 37.4. The molecule has 19 heavy (non-hydrogen) atoms. The molecule has 1 aromatic rings. The van der Waals surface area contributed by atoms with Gasteiger partial charge in [0.05, 0.1) is 0 Å². The van der Waals surface area contributed by atoms with Gasteiger partial charge in [-0.1, -0.05) is 26.7 Å². The molecule has 1 aromatic heterocycles. The molecule has 0 aromatic carbocycles. The van der Waals surface area contributed by atoms with Gasteiger partial charge in [-0.2, -0.15) is 13.2 Å². The number of rotatable bonds is 6. The van der Waals surface area contributed by atoms with Crippen LogP contribution in [0.4, 0.5) is 24.8 Å². The van der Waals surface area contributed by atoms with Gasteiger partial charge in [0.2, 0.25) is 5.82 Å². The number of alkyl halides is 3. The van der Waals surface area contributed by atoms with E-state index in [9.17, 15) is 13.2 Å². The summed E-state index contributed by atoms with van der Waals surface area (Å²) in [7, 11) is 0. The fraction of sp³-hybridized carbons (Fsp3) is 0.667. The van der Waals surface area contributed by atoms with E-state index in [1.165, 1.54) is 6.07 Å². The summed E-state index contributed by atoms with van der Waals surface area (Å²) in [6.45, 7) is 4.84. The van der Waals surface area contributed by atoms with Crippen LogP contribution in [0.1, 0.15) is 38.9 Å². The van der Waals surface area contributed by atoms with E-state index in [4.69, 9.17) is 5.73 Å². The standard InChI is InChI=1S/C12H19F3N4/c1-8(2)5-3-4-6-17-10-7-9(16)18-11(19-10)12(13,14)15/h7-8H,3-6H2,1-2H3,(H3,16,17,18,19). The van der Waals surface area contributed by atoms with E-state index in [1.54, 1.807) is 0 Å². The van der Waals surface area contributed by atoms with E-state index in [0.717, 1.165) is 19.3 Å². The van der Waals surface area contributed by atoms with Crippen molar-refractivity contribution in [3.05, 3.63) is 11.9 Å². The van der Waals surface area contributed by atoms with E-state index < -0.39 is 12.0 Å². The Balaban J connectivity index is 2.52. The van der Waals surface area contributed by atoms with Crippen LogP contribution in [0.2, 0.25) is 0 Å². The minimum absolute atomic E-state index is 0.115. The zero-order valence-corrected chi connectivity index (χ0v) is 11.1. The van der Waals surface area contributed by atoms with Crippen LogP contribution in [0.25, 0.3) is 0 Å². The predicted molar refractivity (Wildman–Crippen MR) is 68.6 cm³/mol. The maximum absolute atomic E-state index is 12.5. The predicted octanol–water partition coefficient (Wildman–Crippen LogP) is 3.32. The number of nitrogens with one attached hydrogen (secondary N) is 1. The number of aromatic nitrogens is 2. The van der Waals surface area contributed by atoms with Crippen molar-refractivity contribution in [3.63, 3.8) is 0 Å². The second-order valence-corrected chi connectivity index (χ2v) is 4.82. The summed E-state index contributed by atoms with van der Waals surface area (Å²) >= 11 is 0. The number of nitrogens with zero attached hydrogens (tertiary/aromatic N) is 2. The average molecular weight is 276 g/mol. The Bertz CT molecular complexity index is 404. The number of hydrogen-bond donors (Lipinski definition) is 2. The number of anilines is 2. The molecule has 3 N–H and O–H groups in total. The molecule has 0 saturated carbocycles. The fourth-order valence-corrected chi connectivity index (χ4v) is 1.58. The summed E-state index contributed by atoms with van der Waals surface area (Å²) in [5.41, 5.74) is 5.34. The maximum Gasteiger partial charge on any atom is 0.451 e. The third-order valence-electron chi connectivity index (χ3n) is 2.51. The lowest BCUT2D eigenvalue weighted by atomic mass is 10.1. The zero-order valence-electron chi connectivity index (χ0n) is 11.1. The number of nitrogen functional groups attached to an aromatic ring is 1. The first-order valence-corrected chi connectivity index (χ1v) is 6.24. The quantitative estimate of drug-likeness (QED) is 0.782. The molecule has 4 nitrogen and oxygen atoms in total. The molecule has 1 rings (SSSR count). The van der Waals surface area contributed by atoms with Gasteiger partial charge in [-0.15, -0.1) is 0 Å². The Morgan fingerprint density at radius 2 is 1.95 bits per heavy atom. The second-order valence-electron chi connectivity index (χ2n) is 4.82. The van der Waals surface area contributed by atoms with Crippen LogP contribution >= 0.6 is 0 Å². The van der Waals surface area contributed by atoms with Gasteiger partial charge < -0.3 is 11.1 Å². The highest BCUT2D eigenvalue weighted by Crippen LogP contribution is 2.27. The number of halogens is 3. The van der Waals surface area contributed by atoms with Crippen LogP contribution in [-0.4, -0.2) is 16.5 Å². The van der Waals surface area contributed by atoms with E-state index in [0.29, 0.717) is 12.5 Å². The lowest BCUT2D eigenvalue weighted by Gasteiger charge is -2.10. The van der Waals surface area contributed by atoms with Crippen molar-refractivity contribution in [2.24, 2.45) is 5.92 Å². The van der Waals surface area contributed by atoms with E-state index >= 15 is 0 Å². The van der Waals surface area contributed by atoms with Crippen LogP contribution < -0.4 is 11.1 Å². The fourth-order valence-electron chi connectivity index (χ4n) is 1.58. The average Bonchev–Trinajstić information content (AvgIpc) is 2.26. The molecule has 1 heterocycles. The van der Waals surface area contributed by atoms with Gasteiger partial charge in [0, 0.05) is 12.6 Å². The van der Waals surface area contributed by atoms with Crippen LogP contribution in [0, 0.1) is 5.92 Å². The topological polar surface area (TPSA) is 63.8 Å².